The number of fused-ring (bicyclic) bond motifs is 1. The highest BCUT2D eigenvalue weighted by molar-refractivity contribution is 7.90. The Bertz CT molecular complexity index is 1340. The van der Waals surface area contributed by atoms with E-state index in [0.29, 0.717) is 23.6 Å². The first kappa shape index (κ1) is 23.8. The van der Waals surface area contributed by atoms with Crippen molar-refractivity contribution in [3.8, 4) is 0 Å². The van der Waals surface area contributed by atoms with Gasteiger partial charge in [-0.25, -0.2) is 28.1 Å². The number of rotatable bonds is 4. The average Bonchev–Trinajstić information content (AvgIpc) is 3.10. The minimum absolute atomic E-state index is 0.0728. The third-order valence-electron chi connectivity index (χ3n) is 6.36. The lowest BCUT2D eigenvalue weighted by Crippen LogP contribution is -2.43. The van der Waals surface area contributed by atoms with E-state index in [0.717, 1.165) is 16.7 Å². The number of imide groups is 1. The average molecular weight is 486 g/mol. The molecular weight excluding hydrogens is 458 g/mol. The maximum atomic E-state index is 13.4. The summed E-state index contributed by atoms with van der Waals surface area (Å²) in [7, 11) is -3.63. The number of carbonyl (C=O) groups excluding carboxylic acids is 3. The van der Waals surface area contributed by atoms with Crippen LogP contribution in [0, 0.1) is 0 Å². The lowest BCUT2D eigenvalue weighted by molar-refractivity contribution is -0.123. The van der Waals surface area contributed by atoms with Crippen molar-refractivity contribution in [2.45, 2.75) is 57.3 Å². The largest absolute Gasteiger partial charge is 0.332 e. The minimum atomic E-state index is -3.63. The first-order valence-corrected chi connectivity index (χ1v) is 12.6. The molecular formula is C23H27N5O5S. The van der Waals surface area contributed by atoms with Crippen LogP contribution in [-0.2, 0) is 31.4 Å². The van der Waals surface area contributed by atoms with Gasteiger partial charge in [0.05, 0.1) is 17.9 Å². The van der Waals surface area contributed by atoms with Crippen molar-refractivity contribution in [3.63, 3.8) is 0 Å². The molecule has 0 atom stereocenters. The first-order chi connectivity index (χ1) is 15.6. The molecule has 1 fully saturated rings. The van der Waals surface area contributed by atoms with Crippen LogP contribution in [0.3, 0.4) is 0 Å². The Kier molecular flexibility index (Phi) is 5.31. The highest BCUT2D eigenvalue weighted by Crippen LogP contribution is 2.43. The Morgan fingerprint density at radius 2 is 1.79 bits per heavy atom. The molecule has 2 aromatic rings. The van der Waals surface area contributed by atoms with Crippen LogP contribution in [0.15, 0.2) is 35.6 Å². The summed E-state index contributed by atoms with van der Waals surface area (Å²) in [4.78, 5) is 51.0. The predicted octanol–water partition coefficient (Wildman–Crippen LogP) is 2.27. The van der Waals surface area contributed by atoms with E-state index in [2.05, 4.69) is 9.97 Å². The number of hydrogen-bond donors (Lipinski definition) is 0. The van der Waals surface area contributed by atoms with E-state index in [1.807, 2.05) is 19.9 Å². The number of sulfone groups is 1. The summed E-state index contributed by atoms with van der Waals surface area (Å²) in [6, 6.07) is 6.22. The monoisotopic (exact) mass is 485 g/mol. The second-order valence-corrected chi connectivity index (χ2v) is 11.8. The van der Waals surface area contributed by atoms with Crippen molar-refractivity contribution in [1.82, 2.24) is 14.9 Å². The minimum Gasteiger partial charge on any atom is -0.311 e. The SMILES string of the molecule is CC(=O)N1CC(C)(C)c2ccc(N3C(=O)N(Cc4ccnc(S(C)(=O)=O)n4)C(C)(C)C3=O)cc21. The molecule has 0 radical (unpaired) electrons. The molecule has 0 saturated carbocycles. The molecule has 1 aromatic heterocycles. The fraction of sp³-hybridized carbons (Fsp3) is 0.435. The number of nitrogens with zero attached hydrogens (tertiary/aromatic N) is 5. The molecule has 0 unspecified atom stereocenters. The topological polar surface area (TPSA) is 121 Å². The standard InChI is InChI=1S/C23H27N5O5S/c1-14(29)26-13-22(2,3)17-8-7-16(11-18(17)26)28-19(30)23(4,5)27(21(28)31)12-15-9-10-24-20(25-15)34(6,32)33/h7-11H,12-13H2,1-6H3. The van der Waals surface area contributed by atoms with Gasteiger partial charge >= 0.3 is 6.03 Å². The third kappa shape index (κ3) is 3.73. The van der Waals surface area contributed by atoms with Crippen LogP contribution >= 0.6 is 0 Å². The van der Waals surface area contributed by atoms with Crippen molar-refractivity contribution < 1.29 is 22.8 Å². The van der Waals surface area contributed by atoms with Crippen LogP contribution in [0.4, 0.5) is 16.2 Å². The highest BCUT2D eigenvalue weighted by Gasteiger charge is 2.52. The molecule has 11 heteroatoms. The van der Waals surface area contributed by atoms with Crippen molar-refractivity contribution >= 4 is 39.1 Å². The van der Waals surface area contributed by atoms with Crippen LogP contribution in [0.1, 0.15) is 45.9 Å². The zero-order chi connectivity index (χ0) is 25.2. The molecule has 2 aliphatic heterocycles. The van der Waals surface area contributed by atoms with Crippen LogP contribution < -0.4 is 9.80 Å². The number of hydrogen-bond acceptors (Lipinski definition) is 7. The fourth-order valence-corrected chi connectivity index (χ4v) is 4.97. The van der Waals surface area contributed by atoms with Gasteiger partial charge in [0.2, 0.25) is 20.9 Å². The molecule has 0 bridgehead atoms. The van der Waals surface area contributed by atoms with Crippen LogP contribution in [-0.4, -0.2) is 59.5 Å². The third-order valence-corrected chi connectivity index (χ3v) is 7.22. The van der Waals surface area contributed by atoms with E-state index in [-0.39, 0.29) is 23.0 Å². The van der Waals surface area contributed by atoms with E-state index in [1.54, 1.807) is 30.9 Å². The predicted molar refractivity (Wildman–Crippen MR) is 125 cm³/mol. The van der Waals surface area contributed by atoms with E-state index in [4.69, 9.17) is 0 Å². The van der Waals surface area contributed by atoms with E-state index >= 15 is 0 Å². The molecule has 0 spiro atoms. The number of aromatic nitrogens is 2. The molecule has 34 heavy (non-hydrogen) atoms. The summed E-state index contributed by atoms with van der Waals surface area (Å²) in [6.07, 6.45) is 2.31. The smallest absolute Gasteiger partial charge is 0.311 e. The van der Waals surface area contributed by atoms with Gasteiger partial charge in [0, 0.05) is 37.0 Å². The van der Waals surface area contributed by atoms with Gasteiger partial charge in [0.1, 0.15) is 5.54 Å². The van der Waals surface area contributed by atoms with Gasteiger partial charge in [-0.1, -0.05) is 19.9 Å². The van der Waals surface area contributed by atoms with Crippen LogP contribution in [0.25, 0.3) is 0 Å². The molecule has 0 N–H and O–H groups in total. The molecule has 1 saturated heterocycles. The van der Waals surface area contributed by atoms with E-state index in [9.17, 15) is 22.8 Å². The van der Waals surface area contributed by atoms with Gasteiger partial charge in [0.15, 0.2) is 0 Å². The summed E-state index contributed by atoms with van der Waals surface area (Å²) >= 11 is 0. The number of benzene rings is 1. The van der Waals surface area contributed by atoms with Crippen molar-refractivity contribution in [2.24, 2.45) is 0 Å². The number of urea groups is 1. The zero-order valence-corrected chi connectivity index (χ0v) is 20.8. The van der Waals surface area contributed by atoms with Gasteiger partial charge in [0.25, 0.3) is 5.91 Å². The summed E-state index contributed by atoms with van der Waals surface area (Å²) in [5, 5.41) is -0.344. The maximum absolute atomic E-state index is 13.4. The van der Waals surface area contributed by atoms with E-state index in [1.165, 1.54) is 24.1 Å². The summed E-state index contributed by atoms with van der Waals surface area (Å²) in [5.74, 6) is -0.545. The molecule has 0 aliphatic carbocycles. The molecule has 3 heterocycles. The number of anilines is 2. The lowest BCUT2D eigenvalue weighted by Gasteiger charge is -2.27. The quantitative estimate of drug-likeness (QED) is 0.481. The van der Waals surface area contributed by atoms with Crippen molar-refractivity contribution in [2.75, 3.05) is 22.6 Å². The Balaban J connectivity index is 1.71. The highest BCUT2D eigenvalue weighted by atomic mass is 32.2. The van der Waals surface area contributed by atoms with E-state index < -0.39 is 27.3 Å². The number of amides is 4. The Morgan fingerprint density at radius 1 is 1.12 bits per heavy atom. The summed E-state index contributed by atoms with van der Waals surface area (Å²) < 4.78 is 23.6. The Morgan fingerprint density at radius 3 is 2.41 bits per heavy atom. The fourth-order valence-electron chi connectivity index (χ4n) is 4.43. The Labute approximate surface area is 198 Å². The van der Waals surface area contributed by atoms with Gasteiger partial charge < -0.3 is 9.80 Å². The van der Waals surface area contributed by atoms with Crippen molar-refractivity contribution in [1.29, 1.82) is 0 Å². The molecule has 2 aliphatic rings. The second-order valence-electron chi connectivity index (χ2n) is 9.86. The van der Waals surface area contributed by atoms with Gasteiger partial charge in [-0.3, -0.25) is 9.59 Å². The first-order valence-electron chi connectivity index (χ1n) is 10.8. The molecule has 10 nitrogen and oxygen atoms in total. The van der Waals surface area contributed by atoms with Gasteiger partial charge in [-0.15, -0.1) is 0 Å². The zero-order valence-electron chi connectivity index (χ0n) is 20.0. The van der Waals surface area contributed by atoms with Crippen LogP contribution in [0.5, 0.6) is 0 Å². The summed E-state index contributed by atoms with van der Waals surface area (Å²) in [5.41, 5.74) is 0.856. The van der Waals surface area contributed by atoms with Crippen LogP contribution in [0.2, 0.25) is 0 Å². The molecule has 4 rings (SSSR count). The second kappa shape index (κ2) is 7.59. The van der Waals surface area contributed by atoms with Gasteiger partial charge in [-0.05, 0) is 37.6 Å². The molecule has 180 valence electrons. The maximum Gasteiger partial charge on any atom is 0.332 e. The molecule has 1 aromatic carbocycles. The lowest BCUT2D eigenvalue weighted by atomic mass is 9.87. The summed E-state index contributed by atoms with van der Waals surface area (Å²) in [6.45, 7) is 9.26. The Hall–Kier alpha value is -3.34. The van der Waals surface area contributed by atoms with Gasteiger partial charge in [-0.2, -0.15) is 0 Å². The molecule has 4 amide bonds. The number of carbonyl (C=O) groups is 3. The normalized spacial score (nSPS) is 19.1. The van der Waals surface area contributed by atoms with Crippen molar-refractivity contribution in [3.05, 3.63) is 41.7 Å².